The molecule has 0 radical (unpaired) electrons. The normalized spacial score (nSPS) is 10.2. The molecule has 0 saturated carbocycles. The lowest BCUT2D eigenvalue weighted by Crippen LogP contribution is -2.30. The molecule has 0 aliphatic carbocycles. The van der Waals surface area contributed by atoms with Gasteiger partial charge in [0.2, 0.25) is 0 Å². The van der Waals surface area contributed by atoms with E-state index in [2.05, 4.69) is 5.32 Å². The topological polar surface area (TPSA) is 55.4 Å². The molecule has 24 heavy (non-hydrogen) atoms. The average Bonchev–Trinajstić information content (AvgIpc) is 2.61. The molecule has 0 bridgehead atoms. The maximum absolute atomic E-state index is 11.8. The molecule has 0 spiro atoms. The van der Waals surface area contributed by atoms with Gasteiger partial charge in [-0.2, -0.15) is 0 Å². The standard InChI is InChI=1S/C19H20ClNO3/c1-2-18(22)15-5-9-17(10-6-15)24-13-19(23)21-12-11-14-3-7-16(20)8-4-14/h3-10H,2,11-13H2,1H3,(H,21,23). The summed E-state index contributed by atoms with van der Waals surface area (Å²) in [5.74, 6) is 0.467. The SMILES string of the molecule is CCC(=O)c1ccc(OCC(=O)NCCc2ccc(Cl)cc2)cc1. The smallest absolute Gasteiger partial charge is 0.257 e. The third-order valence-electron chi connectivity index (χ3n) is 3.52. The van der Waals surface area contributed by atoms with Crippen molar-refractivity contribution in [1.29, 1.82) is 0 Å². The van der Waals surface area contributed by atoms with E-state index < -0.39 is 0 Å². The Morgan fingerprint density at radius 2 is 1.71 bits per heavy atom. The van der Waals surface area contributed by atoms with Gasteiger partial charge in [0.1, 0.15) is 5.75 Å². The Morgan fingerprint density at radius 1 is 1.04 bits per heavy atom. The minimum atomic E-state index is -0.183. The maximum Gasteiger partial charge on any atom is 0.257 e. The summed E-state index contributed by atoms with van der Waals surface area (Å²) in [6, 6.07) is 14.3. The molecule has 0 heterocycles. The fraction of sp³-hybridized carbons (Fsp3) is 0.263. The van der Waals surface area contributed by atoms with E-state index in [0.29, 0.717) is 29.3 Å². The molecule has 2 rings (SSSR count). The van der Waals surface area contributed by atoms with Crippen LogP contribution < -0.4 is 10.1 Å². The lowest BCUT2D eigenvalue weighted by atomic mass is 10.1. The van der Waals surface area contributed by atoms with Gasteiger partial charge in [0.15, 0.2) is 12.4 Å². The number of carbonyl (C=O) groups is 2. The molecule has 2 aromatic rings. The highest BCUT2D eigenvalue weighted by Gasteiger charge is 2.05. The number of nitrogens with one attached hydrogen (secondary N) is 1. The van der Waals surface area contributed by atoms with Crippen LogP contribution in [0.15, 0.2) is 48.5 Å². The molecule has 0 fully saturated rings. The van der Waals surface area contributed by atoms with Gasteiger partial charge < -0.3 is 10.1 Å². The van der Waals surface area contributed by atoms with Crippen molar-refractivity contribution in [3.05, 3.63) is 64.7 Å². The number of ketones is 1. The molecular formula is C19H20ClNO3. The average molecular weight is 346 g/mol. The molecule has 0 saturated heterocycles. The molecule has 0 atom stereocenters. The van der Waals surface area contributed by atoms with Crippen LogP contribution in [0.4, 0.5) is 0 Å². The maximum atomic E-state index is 11.8. The number of Topliss-reactive ketones (excluding diaryl/α,β-unsaturated/α-hetero) is 1. The Labute approximate surface area is 146 Å². The Hall–Kier alpha value is -2.33. The highest BCUT2D eigenvalue weighted by atomic mass is 35.5. The molecule has 1 N–H and O–H groups in total. The molecule has 4 nitrogen and oxygen atoms in total. The molecule has 5 heteroatoms. The first-order chi connectivity index (χ1) is 11.6. The van der Waals surface area contributed by atoms with E-state index in [0.717, 1.165) is 12.0 Å². The molecule has 0 aliphatic heterocycles. The van der Waals surface area contributed by atoms with E-state index in [1.807, 2.05) is 31.2 Å². The van der Waals surface area contributed by atoms with Gasteiger partial charge in [0.05, 0.1) is 0 Å². The second-order valence-corrected chi connectivity index (χ2v) is 5.75. The minimum Gasteiger partial charge on any atom is -0.484 e. The van der Waals surface area contributed by atoms with Gasteiger partial charge in [-0.3, -0.25) is 9.59 Å². The Kier molecular flexibility index (Phi) is 6.82. The number of hydrogen-bond donors (Lipinski definition) is 1. The van der Waals surface area contributed by atoms with E-state index in [1.165, 1.54) is 0 Å². The third kappa shape index (κ3) is 5.70. The van der Waals surface area contributed by atoms with Crippen LogP contribution in [0.1, 0.15) is 29.3 Å². The van der Waals surface area contributed by atoms with Gasteiger partial charge in [-0.05, 0) is 48.4 Å². The van der Waals surface area contributed by atoms with Gasteiger partial charge in [-0.15, -0.1) is 0 Å². The van der Waals surface area contributed by atoms with E-state index in [9.17, 15) is 9.59 Å². The molecular weight excluding hydrogens is 326 g/mol. The molecule has 126 valence electrons. The number of ether oxygens (including phenoxy) is 1. The number of amides is 1. The zero-order chi connectivity index (χ0) is 17.4. The molecule has 0 aliphatic rings. The summed E-state index contributed by atoms with van der Waals surface area (Å²) in [5, 5.41) is 3.50. The van der Waals surface area contributed by atoms with Crippen LogP contribution in [0.3, 0.4) is 0 Å². The summed E-state index contributed by atoms with van der Waals surface area (Å²) in [5.41, 5.74) is 1.76. The second kappa shape index (κ2) is 9.08. The van der Waals surface area contributed by atoms with Gasteiger partial charge in [-0.1, -0.05) is 30.7 Å². The lowest BCUT2D eigenvalue weighted by molar-refractivity contribution is -0.123. The Morgan fingerprint density at radius 3 is 2.33 bits per heavy atom. The highest BCUT2D eigenvalue weighted by molar-refractivity contribution is 6.30. The van der Waals surface area contributed by atoms with Crippen LogP contribution in [-0.4, -0.2) is 24.8 Å². The van der Waals surface area contributed by atoms with E-state index in [-0.39, 0.29) is 18.3 Å². The monoisotopic (exact) mass is 345 g/mol. The number of benzene rings is 2. The van der Waals surface area contributed by atoms with Gasteiger partial charge in [0, 0.05) is 23.6 Å². The lowest BCUT2D eigenvalue weighted by Gasteiger charge is -2.08. The predicted octanol–water partition coefficient (Wildman–Crippen LogP) is 3.67. The molecule has 0 aromatic heterocycles. The van der Waals surface area contributed by atoms with Crippen molar-refractivity contribution in [3.8, 4) is 5.75 Å². The quantitative estimate of drug-likeness (QED) is 0.743. The van der Waals surface area contributed by atoms with E-state index in [4.69, 9.17) is 16.3 Å². The van der Waals surface area contributed by atoms with Crippen molar-refractivity contribution in [3.63, 3.8) is 0 Å². The third-order valence-corrected chi connectivity index (χ3v) is 3.77. The van der Waals surface area contributed by atoms with Crippen molar-refractivity contribution in [2.45, 2.75) is 19.8 Å². The Bertz CT molecular complexity index is 681. The van der Waals surface area contributed by atoms with Crippen molar-refractivity contribution < 1.29 is 14.3 Å². The second-order valence-electron chi connectivity index (χ2n) is 5.32. The van der Waals surface area contributed by atoms with Gasteiger partial charge in [-0.25, -0.2) is 0 Å². The summed E-state index contributed by atoms with van der Waals surface area (Å²) in [4.78, 5) is 23.3. The van der Waals surface area contributed by atoms with E-state index >= 15 is 0 Å². The van der Waals surface area contributed by atoms with Crippen molar-refractivity contribution in [2.75, 3.05) is 13.2 Å². The van der Waals surface area contributed by atoms with E-state index in [1.54, 1.807) is 24.3 Å². The van der Waals surface area contributed by atoms with Crippen LogP contribution in [0.25, 0.3) is 0 Å². The summed E-state index contributed by atoms with van der Waals surface area (Å²) >= 11 is 5.83. The molecule has 1 amide bonds. The number of rotatable bonds is 8. The number of carbonyl (C=O) groups excluding carboxylic acids is 2. The van der Waals surface area contributed by atoms with Crippen LogP contribution in [0.2, 0.25) is 5.02 Å². The summed E-state index contributed by atoms with van der Waals surface area (Å²) in [7, 11) is 0. The summed E-state index contributed by atoms with van der Waals surface area (Å²) < 4.78 is 5.41. The first kappa shape index (κ1) is 18.0. The van der Waals surface area contributed by atoms with Crippen molar-refractivity contribution in [1.82, 2.24) is 5.32 Å². The van der Waals surface area contributed by atoms with Gasteiger partial charge in [0.25, 0.3) is 5.91 Å². The first-order valence-electron chi connectivity index (χ1n) is 7.85. The fourth-order valence-corrected chi connectivity index (χ4v) is 2.26. The van der Waals surface area contributed by atoms with Crippen LogP contribution in [0, 0.1) is 0 Å². The number of halogens is 1. The van der Waals surface area contributed by atoms with Crippen molar-refractivity contribution in [2.24, 2.45) is 0 Å². The largest absolute Gasteiger partial charge is 0.484 e. The molecule has 2 aromatic carbocycles. The predicted molar refractivity (Wildman–Crippen MR) is 94.7 cm³/mol. The minimum absolute atomic E-state index is 0.0539. The molecule has 0 unspecified atom stereocenters. The van der Waals surface area contributed by atoms with Crippen LogP contribution >= 0.6 is 11.6 Å². The fourth-order valence-electron chi connectivity index (χ4n) is 2.14. The summed E-state index contributed by atoms with van der Waals surface area (Å²) in [6.07, 6.45) is 1.20. The van der Waals surface area contributed by atoms with Gasteiger partial charge >= 0.3 is 0 Å². The summed E-state index contributed by atoms with van der Waals surface area (Å²) in [6.45, 7) is 2.30. The number of hydrogen-bond acceptors (Lipinski definition) is 3. The first-order valence-corrected chi connectivity index (χ1v) is 8.23. The Balaban J connectivity index is 1.71. The zero-order valence-corrected chi connectivity index (χ0v) is 14.3. The zero-order valence-electron chi connectivity index (χ0n) is 13.5. The van der Waals surface area contributed by atoms with Crippen LogP contribution in [0.5, 0.6) is 5.75 Å². The highest BCUT2D eigenvalue weighted by Crippen LogP contribution is 2.13. The van der Waals surface area contributed by atoms with Crippen molar-refractivity contribution >= 4 is 23.3 Å². The van der Waals surface area contributed by atoms with Crippen LogP contribution in [-0.2, 0) is 11.2 Å².